The summed E-state index contributed by atoms with van der Waals surface area (Å²) in [4.78, 5) is 37.7. The monoisotopic (exact) mass is 439 g/mol. The normalized spacial score (nSPS) is 10.8. The summed E-state index contributed by atoms with van der Waals surface area (Å²) in [6, 6.07) is 12.4. The van der Waals surface area contributed by atoms with Gasteiger partial charge in [0.1, 0.15) is 5.70 Å². The van der Waals surface area contributed by atoms with Crippen LogP contribution in [0.15, 0.2) is 48.2 Å². The lowest BCUT2D eigenvalue weighted by molar-refractivity contribution is -0.128. The summed E-state index contributed by atoms with van der Waals surface area (Å²) in [6.07, 6.45) is 2.58. The van der Waals surface area contributed by atoms with Gasteiger partial charge in [0.2, 0.25) is 11.8 Å². The van der Waals surface area contributed by atoms with Gasteiger partial charge < -0.3 is 25.0 Å². The van der Waals surface area contributed by atoms with E-state index in [4.69, 9.17) is 9.47 Å². The molecule has 0 atom stereocenters. The van der Waals surface area contributed by atoms with Crippen LogP contribution in [0.2, 0.25) is 0 Å². The maximum absolute atomic E-state index is 12.8. The molecule has 0 saturated carbocycles. The van der Waals surface area contributed by atoms with Crippen LogP contribution in [0.5, 0.6) is 11.5 Å². The fourth-order valence-corrected chi connectivity index (χ4v) is 2.89. The van der Waals surface area contributed by atoms with Crippen LogP contribution in [0.4, 0.5) is 5.69 Å². The van der Waals surface area contributed by atoms with Crippen molar-refractivity contribution < 1.29 is 23.9 Å². The highest BCUT2D eigenvalue weighted by molar-refractivity contribution is 6.08. The fourth-order valence-electron chi connectivity index (χ4n) is 2.89. The van der Waals surface area contributed by atoms with Gasteiger partial charge in [-0.25, -0.2) is 0 Å². The van der Waals surface area contributed by atoms with E-state index < -0.39 is 5.91 Å². The standard InChI is InChI=1S/C24H29N3O5/c1-16(28)25-20(14-18-8-12-21(31-4)22(15-18)32-5)24(30)26-19-10-6-17(7-11-19)9-13-23(29)27(2)3/h6-8,10-12,14-15H,9,13H2,1-5H3,(H,25,28)(H,26,30)/b20-14-. The van der Waals surface area contributed by atoms with Crippen molar-refractivity contribution in [1.29, 1.82) is 0 Å². The molecule has 0 fully saturated rings. The van der Waals surface area contributed by atoms with E-state index in [1.807, 2.05) is 12.1 Å². The molecule has 8 nitrogen and oxygen atoms in total. The third kappa shape index (κ3) is 7.16. The van der Waals surface area contributed by atoms with Gasteiger partial charge in [-0.1, -0.05) is 18.2 Å². The summed E-state index contributed by atoms with van der Waals surface area (Å²) in [7, 11) is 6.51. The Kier molecular flexibility index (Phi) is 8.83. The van der Waals surface area contributed by atoms with Crippen LogP contribution in [0.25, 0.3) is 6.08 Å². The number of amides is 3. The summed E-state index contributed by atoms with van der Waals surface area (Å²) in [5.41, 5.74) is 2.30. The first kappa shape index (κ1) is 24.5. The number of hydrogen-bond donors (Lipinski definition) is 2. The molecule has 32 heavy (non-hydrogen) atoms. The number of aryl methyl sites for hydroxylation is 1. The van der Waals surface area contributed by atoms with Crippen molar-refractivity contribution in [3.63, 3.8) is 0 Å². The molecular formula is C24H29N3O5. The zero-order valence-electron chi connectivity index (χ0n) is 19.0. The lowest BCUT2D eigenvalue weighted by Gasteiger charge is -2.12. The molecule has 2 aromatic carbocycles. The van der Waals surface area contributed by atoms with Gasteiger partial charge in [-0.3, -0.25) is 14.4 Å². The highest BCUT2D eigenvalue weighted by Crippen LogP contribution is 2.28. The molecule has 0 saturated heterocycles. The zero-order valence-corrected chi connectivity index (χ0v) is 19.0. The SMILES string of the molecule is COc1ccc(/C=C(\NC(C)=O)C(=O)Nc2ccc(CCC(=O)N(C)C)cc2)cc1OC. The highest BCUT2D eigenvalue weighted by Gasteiger charge is 2.13. The Morgan fingerprint density at radius 1 is 0.969 bits per heavy atom. The minimum absolute atomic E-state index is 0.0580. The number of nitrogens with one attached hydrogen (secondary N) is 2. The van der Waals surface area contributed by atoms with E-state index in [1.165, 1.54) is 21.1 Å². The minimum Gasteiger partial charge on any atom is -0.493 e. The third-order valence-corrected chi connectivity index (χ3v) is 4.61. The van der Waals surface area contributed by atoms with Gasteiger partial charge in [0.15, 0.2) is 11.5 Å². The Hall–Kier alpha value is -3.81. The van der Waals surface area contributed by atoms with E-state index in [-0.39, 0.29) is 17.5 Å². The van der Waals surface area contributed by atoms with Crippen LogP contribution >= 0.6 is 0 Å². The molecule has 8 heteroatoms. The van der Waals surface area contributed by atoms with E-state index >= 15 is 0 Å². The second kappa shape index (κ2) is 11.5. The lowest BCUT2D eigenvalue weighted by atomic mass is 10.1. The Morgan fingerprint density at radius 2 is 1.62 bits per heavy atom. The predicted molar refractivity (Wildman–Crippen MR) is 123 cm³/mol. The maximum Gasteiger partial charge on any atom is 0.272 e. The molecule has 2 aromatic rings. The average molecular weight is 440 g/mol. The van der Waals surface area contributed by atoms with E-state index in [0.29, 0.717) is 35.6 Å². The maximum atomic E-state index is 12.8. The molecule has 0 heterocycles. The number of carbonyl (C=O) groups excluding carboxylic acids is 3. The number of methoxy groups -OCH3 is 2. The second-order valence-corrected chi connectivity index (χ2v) is 7.29. The van der Waals surface area contributed by atoms with Crippen molar-refractivity contribution in [3.8, 4) is 11.5 Å². The molecule has 0 aliphatic carbocycles. The largest absolute Gasteiger partial charge is 0.493 e. The smallest absolute Gasteiger partial charge is 0.272 e. The Labute approximate surface area is 188 Å². The van der Waals surface area contributed by atoms with Crippen molar-refractivity contribution in [2.24, 2.45) is 0 Å². The summed E-state index contributed by atoms with van der Waals surface area (Å²) in [5, 5.41) is 5.34. The topological polar surface area (TPSA) is 97.0 Å². The quantitative estimate of drug-likeness (QED) is 0.586. The molecule has 0 aliphatic rings. The van der Waals surface area contributed by atoms with Gasteiger partial charge in [-0.05, 0) is 47.9 Å². The highest BCUT2D eigenvalue weighted by atomic mass is 16.5. The number of rotatable bonds is 9. The molecule has 0 aliphatic heterocycles. The third-order valence-electron chi connectivity index (χ3n) is 4.61. The minimum atomic E-state index is -0.467. The van der Waals surface area contributed by atoms with Gasteiger partial charge in [0.05, 0.1) is 14.2 Å². The Morgan fingerprint density at radius 3 is 2.19 bits per heavy atom. The average Bonchev–Trinajstić information content (AvgIpc) is 2.77. The van der Waals surface area contributed by atoms with Crippen LogP contribution in [0.3, 0.4) is 0 Å². The number of benzene rings is 2. The van der Waals surface area contributed by atoms with E-state index in [0.717, 1.165) is 5.56 Å². The van der Waals surface area contributed by atoms with Crippen LogP contribution in [-0.4, -0.2) is 50.9 Å². The van der Waals surface area contributed by atoms with Gasteiger partial charge in [-0.2, -0.15) is 0 Å². The first-order valence-corrected chi connectivity index (χ1v) is 10.0. The van der Waals surface area contributed by atoms with Crippen molar-refractivity contribution in [2.45, 2.75) is 19.8 Å². The first-order chi connectivity index (χ1) is 15.2. The van der Waals surface area contributed by atoms with Gasteiger partial charge >= 0.3 is 0 Å². The summed E-state index contributed by atoms with van der Waals surface area (Å²) >= 11 is 0. The Balaban J connectivity index is 2.15. The molecule has 0 aromatic heterocycles. The van der Waals surface area contributed by atoms with Crippen LogP contribution in [0, 0.1) is 0 Å². The zero-order chi connectivity index (χ0) is 23.7. The van der Waals surface area contributed by atoms with Crippen molar-refractivity contribution >= 4 is 29.5 Å². The number of nitrogens with zero attached hydrogens (tertiary/aromatic N) is 1. The van der Waals surface area contributed by atoms with Gasteiger partial charge in [-0.15, -0.1) is 0 Å². The first-order valence-electron chi connectivity index (χ1n) is 10.0. The molecule has 2 rings (SSSR count). The van der Waals surface area contributed by atoms with Crippen molar-refractivity contribution in [2.75, 3.05) is 33.6 Å². The van der Waals surface area contributed by atoms with E-state index in [2.05, 4.69) is 10.6 Å². The van der Waals surface area contributed by atoms with Crippen LogP contribution in [0.1, 0.15) is 24.5 Å². The predicted octanol–water partition coefficient (Wildman–Crippen LogP) is 2.84. The Bertz CT molecular complexity index is 997. The van der Waals surface area contributed by atoms with Gasteiger partial charge in [0.25, 0.3) is 5.91 Å². The molecule has 2 N–H and O–H groups in total. The molecule has 0 spiro atoms. The van der Waals surface area contributed by atoms with Gasteiger partial charge in [0, 0.05) is 33.1 Å². The number of ether oxygens (including phenoxy) is 2. The summed E-state index contributed by atoms with van der Waals surface area (Å²) < 4.78 is 10.5. The van der Waals surface area contributed by atoms with E-state index in [9.17, 15) is 14.4 Å². The number of anilines is 1. The fraction of sp³-hybridized carbons (Fsp3) is 0.292. The van der Waals surface area contributed by atoms with Crippen LogP contribution in [-0.2, 0) is 20.8 Å². The number of hydrogen-bond acceptors (Lipinski definition) is 5. The molecule has 3 amide bonds. The lowest BCUT2D eigenvalue weighted by Crippen LogP contribution is -2.28. The second-order valence-electron chi connectivity index (χ2n) is 7.29. The van der Waals surface area contributed by atoms with E-state index in [1.54, 1.807) is 55.4 Å². The molecule has 0 radical (unpaired) electrons. The molecule has 0 unspecified atom stereocenters. The summed E-state index contributed by atoms with van der Waals surface area (Å²) in [6.45, 7) is 1.33. The molecule has 170 valence electrons. The molecule has 0 bridgehead atoms. The van der Waals surface area contributed by atoms with Crippen molar-refractivity contribution in [3.05, 3.63) is 59.3 Å². The van der Waals surface area contributed by atoms with Crippen molar-refractivity contribution in [1.82, 2.24) is 10.2 Å². The van der Waals surface area contributed by atoms with Crippen LogP contribution < -0.4 is 20.1 Å². The number of carbonyl (C=O) groups is 3. The molecular weight excluding hydrogens is 410 g/mol. The summed E-state index contributed by atoms with van der Waals surface area (Å²) in [5.74, 6) is 0.288.